The molecule has 8 heavy (non-hydrogen) atoms. The molecule has 0 heterocycles. The lowest BCUT2D eigenvalue weighted by Gasteiger charge is -1.97. The van der Waals surface area contributed by atoms with E-state index < -0.39 is 2.14 Å². The number of halogens is 3. The Morgan fingerprint density at radius 2 is 1.88 bits per heavy atom. The molecule has 0 N–H and O–H groups in total. The maximum Gasteiger partial charge on any atom is 0.194 e. The number of hydrogen-bond donors (Lipinski definition) is 0. The lowest BCUT2D eigenvalue weighted by Crippen LogP contribution is -1.91. The molecule has 0 aromatic heterocycles. The van der Waals surface area contributed by atoms with Gasteiger partial charge in [-0.2, -0.15) is 0 Å². The Bertz CT molecular complexity index is 115. The first-order valence-corrected chi connectivity index (χ1v) is 4.09. The molecule has 0 rings (SSSR count). The first-order valence-electron chi connectivity index (χ1n) is 1.71. The molecule has 0 unspecified atom stereocenters. The minimum atomic E-state index is -0.572. The van der Waals surface area contributed by atoms with E-state index in [2.05, 4.69) is 59.6 Å². The molecule has 0 aromatic rings. The molecule has 45 valence electrons. The van der Waals surface area contributed by atoms with Crippen molar-refractivity contribution in [3.8, 4) is 11.8 Å². The highest BCUT2D eigenvalue weighted by atomic mass is 80.0. The Kier molecular flexibility index (Phi) is 4.35. The number of alkyl halides is 3. The third-order valence-corrected chi connectivity index (χ3v) is 0.897. The summed E-state index contributed by atoms with van der Waals surface area (Å²) < 4.78 is -0.572. The van der Waals surface area contributed by atoms with Gasteiger partial charge in [0.25, 0.3) is 0 Å². The standard InChI is InChI=1S/C4H2Br3O/c5-4(6,7)2-1-3-8/h3H2. The molecule has 0 spiro atoms. The van der Waals surface area contributed by atoms with Crippen LogP contribution < -0.4 is 0 Å². The molecule has 0 aliphatic carbocycles. The second-order valence-corrected chi connectivity index (χ2v) is 7.70. The van der Waals surface area contributed by atoms with Crippen LogP contribution in [-0.4, -0.2) is 8.75 Å². The van der Waals surface area contributed by atoms with Crippen LogP contribution in [0.25, 0.3) is 0 Å². The summed E-state index contributed by atoms with van der Waals surface area (Å²) in [5.74, 6) is 4.90. The van der Waals surface area contributed by atoms with Crippen molar-refractivity contribution in [2.75, 3.05) is 6.61 Å². The van der Waals surface area contributed by atoms with E-state index >= 15 is 0 Å². The maximum atomic E-state index is 9.74. The summed E-state index contributed by atoms with van der Waals surface area (Å²) in [5.41, 5.74) is 0. The highest BCUT2D eigenvalue weighted by Gasteiger charge is 2.11. The molecular weight excluding hydrogens is 304 g/mol. The quantitative estimate of drug-likeness (QED) is 0.483. The molecule has 4 heteroatoms. The Labute approximate surface area is 73.2 Å². The summed E-state index contributed by atoms with van der Waals surface area (Å²) in [6, 6.07) is 0. The molecule has 0 aliphatic heterocycles. The van der Waals surface area contributed by atoms with Crippen molar-refractivity contribution in [1.82, 2.24) is 0 Å². The van der Waals surface area contributed by atoms with Crippen LogP contribution in [0.3, 0.4) is 0 Å². The minimum absolute atomic E-state index is 0.370. The molecule has 1 nitrogen and oxygen atoms in total. The van der Waals surface area contributed by atoms with E-state index in [0.29, 0.717) is 0 Å². The van der Waals surface area contributed by atoms with Gasteiger partial charge >= 0.3 is 0 Å². The number of hydrogen-bond acceptors (Lipinski definition) is 0. The fraction of sp³-hybridized carbons (Fsp3) is 0.500. The lowest BCUT2D eigenvalue weighted by molar-refractivity contribution is 0.239. The van der Waals surface area contributed by atoms with E-state index in [1.165, 1.54) is 0 Å². The summed E-state index contributed by atoms with van der Waals surface area (Å²) in [6.45, 7) is -0.370. The summed E-state index contributed by atoms with van der Waals surface area (Å²) in [4.78, 5) is 0. The SMILES string of the molecule is [O]CC#CC(Br)(Br)Br. The van der Waals surface area contributed by atoms with Gasteiger partial charge in [-0.15, -0.1) is 0 Å². The van der Waals surface area contributed by atoms with E-state index in [9.17, 15) is 5.11 Å². The number of rotatable bonds is 0. The predicted octanol–water partition coefficient (Wildman–Crippen LogP) is 2.26. The third-order valence-electron chi connectivity index (χ3n) is 0.302. The first-order chi connectivity index (χ1) is 3.56. The highest BCUT2D eigenvalue weighted by Crippen LogP contribution is 2.31. The average Bonchev–Trinajstić information content (AvgIpc) is 1.59. The van der Waals surface area contributed by atoms with E-state index in [0.717, 1.165) is 0 Å². The summed E-state index contributed by atoms with van der Waals surface area (Å²) in [7, 11) is 0. The highest BCUT2D eigenvalue weighted by molar-refractivity contribution is 9.39. The predicted molar refractivity (Wildman–Crippen MR) is 42.8 cm³/mol. The molecular formula is C4H2Br3O. The van der Waals surface area contributed by atoms with Crippen molar-refractivity contribution < 1.29 is 5.11 Å². The monoisotopic (exact) mass is 303 g/mol. The maximum absolute atomic E-state index is 9.74. The third kappa shape index (κ3) is 6.96. The van der Waals surface area contributed by atoms with Gasteiger partial charge in [-0.05, 0) is 47.8 Å². The van der Waals surface area contributed by atoms with Gasteiger partial charge < -0.3 is 0 Å². The zero-order valence-electron chi connectivity index (χ0n) is 3.75. The van der Waals surface area contributed by atoms with E-state index in [1.807, 2.05) is 0 Å². The van der Waals surface area contributed by atoms with Crippen molar-refractivity contribution in [1.29, 1.82) is 0 Å². The van der Waals surface area contributed by atoms with Gasteiger partial charge in [0.2, 0.25) is 0 Å². The largest absolute Gasteiger partial charge is 0.223 e. The zero-order valence-corrected chi connectivity index (χ0v) is 8.51. The van der Waals surface area contributed by atoms with Gasteiger partial charge in [0.15, 0.2) is 2.14 Å². The molecule has 0 atom stereocenters. The summed E-state index contributed by atoms with van der Waals surface area (Å²) in [5, 5.41) is 9.74. The van der Waals surface area contributed by atoms with Crippen LogP contribution in [0.2, 0.25) is 0 Å². The summed E-state index contributed by atoms with van der Waals surface area (Å²) in [6.07, 6.45) is 0. The van der Waals surface area contributed by atoms with E-state index in [4.69, 9.17) is 0 Å². The molecule has 0 saturated heterocycles. The van der Waals surface area contributed by atoms with Crippen molar-refractivity contribution in [2.24, 2.45) is 0 Å². The van der Waals surface area contributed by atoms with Gasteiger partial charge in [-0.25, -0.2) is 5.11 Å². The molecule has 0 aromatic carbocycles. The van der Waals surface area contributed by atoms with Crippen molar-refractivity contribution in [3.05, 3.63) is 0 Å². The van der Waals surface area contributed by atoms with Gasteiger partial charge in [-0.3, -0.25) is 0 Å². The lowest BCUT2D eigenvalue weighted by atomic mass is 10.6. The van der Waals surface area contributed by atoms with Crippen LogP contribution >= 0.6 is 47.8 Å². The van der Waals surface area contributed by atoms with Crippen LogP contribution in [0.4, 0.5) is 0 Å². The molecule has 0 bridgehead atoms. The fourth-order valence-electron chi connectivity index (χ4n) is 0.136. The van der Waals surface area contributed by atoms with Crippen LogP contribution in [0, 0.1) is 11.8 Å². The smallest absolute Gasteiger partial charge is 0.194 e. The second-order valence-electron chi connectivity index (χ2n) is 0.944. The molecule has 0 amide bonds. The van der Waals surface area contributed by atoms with Crippen molar-refractivity contribution >= 4 is 47.8 Å². The second kappa shape index (κ2) is 3.89. The molecule has 1 radical (unpaired) electrons. The van der Waals surface area contributed by atoms with Gasteiger partial charge in [0.05, 0.1) is 0 Å². The molecule has 0 fully saturated rings. The van der Waals surface area contributed by atoms with Crippen molar-refractivity contribution in [3.63, 3.8) is 0 Å². The average molecular weight is 306 g/mol. The molecule has 0 saturated carbocycles. The van der Waals surface area contributed by atoms with Gasteiger partial charge in [-0.1, -0.05) is 11.8 Å². The zero-order chi connectivity index (χ0) is 6.62. The van der Waals surface area contributed by atoms with Crippen LogP contribution in [0.15, 0.2) is 0 Å². The normalized spacial score (nSPS) is 10.0. The van der Waals surface area contributed by atoms with E-state index in [1.54, 1.807) is 0 Å². The van der Waals surface area contributed by atoms with Crippen LogP contribution in [-0.2, 0) is 5.11 Å². The first kappa shape index (κ1) is 8.96. The Balaban J connectivity index is 3.69. The van der Waals surface area contributed by atoms with Gasteiger partial charge in [0.1, 0.15) is 6.61 Å². The minimum Gasteiger partial charge on any atom is -0.223 e. The fourth-order valence-corrected chi connectivity index (χ4v) is 0.557. The Hall–Kier alpha value is 0.960. The van der Waals surface area contributed by atoms with Crippen LogP contribution in [0.1, 0.15) is 0 Å². The topological polar surface area (TPSA) is 19.9 Å². The van der Waals surface area contributed by atoms with E-state index in [-0.39, 0.29) is 6.61 Å². The van der Waals surface area contributed by atoms with Crippen molar-refractivity contribution in [2.45, 2.75) is 2.14 Å². The molecule has 0 aliphatic rings. The van der Waals surface area contributed by atoms with Gasteiger partial charge in [0, 0.05) is 0 Å². The Morgan fingerprint density at radius 3 is 2.00 bits per heavy atom. The Morgan fingerprint density at radius 1 is 1.38 bits per heavy atom. The summed E-state index contributed by atoms with van der Waals surface area (Å²) >= 11 is 9.30. The van der Waals surface area contributed by atoms with Crippen LogP contribution in [0.5, 0.6) is 0 Å².